The Labute approximate surface area is 145 Å². The molecule has 0 radical (unpaired) electrons. The van der Waals surface area contributed by atoms with E-state index in [1.54, 1.807) is 36.4 Å². The standard InChI is InChI=1S/C16H12BrFN4O2/c17-10-5-6-13(24-8-9-3-1-2-4-12(9)18)11(7-10)14-15(16(19)23)21-22-20-14/h1-7H,8H2,(H2,19,23)(H,20,21,22). The number of hydrogen-bond acceptors (Lipinski definition) is 4. The molecular weight excluding hydrogens is 379 g/mol. The Morgan fingerprint density at radius 3 is 2.79 bits per heavy atom. The second kappa shape index (κ2) is 6.79. The van der Waals surface area contributed by atoms with E-state index in [1.165, 1.54) is 6.07 Å². The Hall–Kier alpha value is -2.74. The van der Waals surface area contributed by atoms with Crippen LogP contribution in [0, 0.1) is 5.82 Å². The fraction of sp³-hybridized carbons (Fsp3) is 0.0625. The lowest BCUT2D eigenvalue weighted by Gasteiger charge is -2.11. The molecule has 0 bridgehead atoms. The van der Waals surface area contributed by atoms with E-state index in [1.807, 2.05) is 0 Å². The SMILES string of the molecule is NC(=O)c1n[nH]nc1-c1cc(Br)ccc1OCc1ccccc1F. The number of nitrogens with two attached hydrogens (primary N) is 1. The van der Waals surface area contributed by atoms with Gasteiger partial charge >= 0.3 is 0 Å². The highest BCUT2D eigenvalue weighted by atomic mass is 79.9. The number of rotatable bonds is 5. The fourth-order valence-corrected chi connectivity index (χ4v) is 2.54. The molecule has 1 aromatic heterocycles. The predicted molar refractivity (Wildman–Crippen MR) is 88.8 cm³/mol. The molecule has 1 amide bonds. The molecule has 3 aromatic rings. The van der Waals surface area contributed by atoms with Crippen LogP contribution in [0.5, 0.6) is 5.75 Å². The summed E-state index contributed by atoms with van der Waals surface area (Å²) in [6, 6.07) is 11.5. The summed E-state index contributed by atoms with van der Waals surface area (Å²) in [5, 5.41) is 10.1. The summed E-state index contributed by atoms with van der Waals surface area (Å²) in [7, 11) is 0. The molecule has 0 unspecified atom stereocenters. The van der Waals surface area contributed by atoms with Gasteiger partial charge in [0, 0.05) is 15.6 Å². The minimum atomic E-state index is -0.709. The maximum Gasteiger partial charge on any atom is 0.271 e. The number of nitrogens with one attached hydrogen (secondary N) is 1. The summed E-state index contributed by atoms with van der Waals surface area (Å²) < 4.78 is 20.2. The van der Waals surface area contributed by atoms with E-state index in [-0.39, 0.29) is 23.8 Å². The molecule has 0 fully saturated rings. The number of H-pyrrole nitrogens is 1. The Morgan fingerprint density at radius 2 is 2.04 bits per heavy atom. The third kappa shape index (κ3) is 3.28. The van der Waals surface area contributed by atoms with E-state index in [0.717, 1.165) is 4.47 Å². The van der Waals surface area contributed by atoms with Gasteiger partial charge in [-0.3, -0.25) is 4.79 Å². The number of carbonyl (C=O) groups is 1. The third-order valence-corrected chi connectivity index (χ3v) is 3.81. The lowest BCUT2D eigenvalue weighted by atomic mass is 10.1. The quantitative estimate of drug-likeness (QED) is 0.699. The van der Waals surface area contributed by atoms with E-state index in [9.17, 15) is 9.18 Å². The Bertz CT molecular complexity index is 897. The summed E-state index contributed by atoms with van der Waals surface area (Å²) in [5.41, 5.74) is 6.52. The van der Waals surface area contributed by atoms with Crippen LogP contribution in [0.4, 0.5) is 4.39 Å². The Morgan fingerprint density at radius 1 is 1.25 bits per heavy atom. The molecule has 24 heavy (non-hydrogen) atoms. The van der Waals surface area contributed by atoms with Gasteiger partial charge in [0.1, 0.15) is 23.9 Å². The fourth-order valence-electron chi connectivity index (χ4n) is 2.17. The number of aromatic nitrogens is 3. The normalized spacial score (nSPS) is 10.6. The predicted octanol–water partition coefficient (Wildman–Crippen LogP) is 3.05. The van der Waals surface area contributed by atoms with Gasteiger partial charge in [-0.2, -0.15) is 15.4 Å². The van der Waals surface area contributed by atoms with Crippen molar-refractivity contribution in [3.63, 3.8) is 0 Å². The van der Waals surface area contributed by atoms with Crippen molar-refractivity contribution in [1.82, 2.24) is 15.4 Å². The van der Waals surface area contributed by atoms with Crippen LogP contribution in [0.15, 0.2) is 46.9 Å². The van der Waals surface area contributed by atoms with E-state index in [2.05, 4.69) is 31.3 Å². The summed E-state index contributed by atoms with van der Waals surface area (Å²) in [5.74, 6) is -0.632. The zero-order chi connectivity index (χ0) is 17.1. The van der Waals surface area contributed by atoms with Crippen molar-refractivity contribution in [3.05, 3.63) is 64.0 Å². The highest BCUT2D eigenvalue weighted by molar-refractivity contribution is 9.10. The van der Waals surface area contributed by atoms with Crippen LogP contribution < -0.4 is 10.5 Å². The maximum absolute atomic E-state index is 13.7. The molecule has 8 heteroatoms. The lowest BCUT2D eigenvalue weighted by Crippen LogP contribution is -2.13. The monoisotopic (exact) mass is 390 g/mol. The van der Waals surface area contributed by atoms with Crippen molar-refractivity contribution in [2.45, 2.75) is 6.61 Å². The number of benzene rings is 2. The summed E-state index contributed by atoms with van der Waals surface area (Å²) in [6.45, 7) is 0.0328. The number of nitrogens with zero attached hydrogens (tertiary/aromatic N) is 2. The first-order chi connectivity index (χ1) is 11.6. The molecular formula is C16H12BrFN4O2. The van der Waals surface area contributed by atoms with Crippen molar-refractivity contribution in [2.24, 2.45) is 5.73 Å². The van der Waals surface area contributed by atoms with Crippen LogP contribution in [0.1, 0.15) is 16.1 Å². The molecule has 0 aliphatic rings. The average molecular weight is 391 g/mol. The summed E-state index contributed by atoms with van der Waals surface area (Å²) in [6.07, 6.45) is 0. The van der Waals surface area contributed by atoms with E-state index in [4.69, 9.17) is 10.5 Å². The van der Waals surface area contributed by atoms with Gasteiger partial charge in [0.05, 0.1) is 0 Å². The first-order valence-corrected chi connectivity index (χ1v) is 7.72. The zero-order valence-corrected chi connectivity index (χ0v) is 13.9. The first kappa shape index (κ1) is 16.1. The van der Waals surface area contributed by atoms with Gasteiger partial charge in [0.15, 0.2) is 5.69 Å². The van der Waals surface area contributed by atoms with Crippen LogP contribution in [0.2, 0.25) is 0 Å². The molecule has 3 N–H and O–H groups in total. The lowest BCUT2D eigenvalue weighted by molar-refractivity contribution is 0.0996. The second-order valence-corrected chi connectivity index (χ2v) is 5.82. The zero-order valence-electron chi connectivity index (χ0n) is 12.3. The first-order valence-electron chi connectivity index (χ1n) is 6.93. The number of halogens is 2. The molecule has 2 aromatic carbocycles. The Balaban J connectivity index is 1.96. The smallest absolute Gasteiger partial charge is 0.271 e. The van der Waals surface area contributed by atoms with Gasteiger partial charge in [-0.25, -0.2) is 4.39 Å². The molecule has 0 saturated carbocycles. The highest BCUT2D eigenvalue weighted by Crippen LogP contribution is 2.33. The molecule has 122 valence electrons. The van der Waals surface area contributed by atoms with E-state index >= 15 is 0 Å². The molecule has 0 aliphatic heterocycles. The van der Waals surface area contributed by atoms with E-state index in [0.29, 0.717) is 16.9 Å². The van der Waals surface area contributed by atoms with Crippen LogP contribution in [0.25, 0.3) is 11.3 Å². The molecule has 0 atom stereocenters. The number of amides is 1. The number of ether oxygens (including phenoxy) is 1. The third-order valence-electron chi connectivity index (χ3n) is 3.32. The van der Waals surface area contributed by atoms with Crippen LogP contribution in [-0.4, -0.2) is 21.3 Å². The van der Waals surface area contributed by atoms with Crippen molar-refractivity contribution >= 4 is 21.8 Å². The number of carbonyl (C=O) groups excluding carboxylic acids is 1. The number of aromatic amines is 1. The van der Waals surface area contributed by atoms with Gasteiger partial charge in [-0.1, -0.05) is 34.1 Å². The van der Waals surface area contributed by atoms with Crippen molar-refractivity contribution in [1.29, 1.82) is 0 Å². The molecule has 0 aliphatic carbocycles. The molecule has 0 spiro atoms. The summed E-state index contributed by atoms with van der Waals surface area (Å²) in [4.78, 5) is 11.5. The second-order valence-electron chi connectivity index (χ2n) is 4.91. The van der Waals surface area contributed by atoms with Crippen LogP contribution in [-0.2, 0) is 6.61 Å². The highest BCUT2D eigenvalue weighted by Gasteiger charge is 2.19. The van der Waals surface area contributed by atoms with Crippen LogP contribution >= 0.6 is 15.9 Å². The molecule has 0 saturated heterocycles. The molecule has 6 nitrogen and oxygen atoms in total. The molecule has 3 rings (SSSR count). The van der Waals surface area contributed by atoms with Crippen molar-refractivity contribution in [3.8, 4) is 17.0 Å². The summed E-state index contributed by atoms with van der Waals surface area (Å²) >= 11 is 3.36. The minimum Gasteiger partial charge on any atom is -0.488 e. The van der Waals surface area contributed by atoms with Crippen LogP contribution in [0.3, 0.4) is 0 Å². The van der Waals surface area contributed by atoms with Gasteiger partial charge in [-0.15, -0.1) is 0 Å². The van der Waals surface area contributed by atoms with Crippen molar-refractivity contribution in [2.75, 3.05) is 0 Å². The largest absolute Gasteiger partial charge is 0.488 e. The van der Waals surface area contributed by atoms with Gasteiger partial charge in [0.25, 0.3) is 5.91 Å². The minimum absolute atomic E-state index is 0.00356. The number of primary amides is 1. The van der Waals surface area contributed by atoms with E-state index < -0.39 is 5.91 Å². The number of hydrogen-bond donors (Lipinski definition) is 2. The Kier molecular flexibility index (Phi) is 4.57. The molecule has 1 heterocycles. The maximum atomic E-state index is 13.7. The average Bonchev–Trinajstić information content (AvgIpc) is 3.04. The topological polar surface area (TPSA) is 93.9 Å². The van der Waals surface area contributed by atoms with Gasteiger partial charge in [-0.05, 0) is 24.3 Å². The van der Waals surface area contributed by atoms with Gasteiger partial charge < -0.3 is 10.5 Å². The van der Waals surface area contributed by atoms with Crippen molar-refractivity contribution < 1.29 is 13.9 Å². The van der Waals surface area contributed by atoms with Gasteiger partial charge in [0.2, 0.25) is 0 Å².